The molecular weight excluding hydrogens is 445 g/mol. The van der Waals surface area contributed by atoms with Crippen molar-refractivity contribution < 1.29 is 22.8 Å². The molecule has 3 aromatic rings. The summed E-state index contributed by atoms with van der Waals surface area (Å²) < 4.78 is 38.6. The van der Waals surface area contributed by atoms with Crippen LogP contribution in [0.3, 0.4) is 0 Å². The highest BCUT2D eigenvalue weighted by atomic mass is 35.5. The summed E-state index contributed by atoms with van der Waals surface area (Å²) in [4.78, 5) is 25.0. The standard InChI is InChI=1S/C22H20ClF3N4O2/c1-13-8-9-16(20(31)27-12-22(24,25)26)10-17(13)28-21(32)18-14(2)29-30(19(18)23)11-15-6-4-3-5-7-15/h3-10H,11-12H2,1-2H3,(H,27,31)(H,28,32). The molecular formula is C22H20ClF3N4O2. The number of hydrogen-bond donors (Lipinski definition) is 2. The molecule has 168 valence electrons. The third-order valence-electron chi connectivity index (χ3n) is 4.67. The zero-order valence-corrected chi connectivity index (χ0v) is 18.0. The molecule has 0 aliphatic rings. The first-order valence-corrected chi connectivity index (χ1v) is 9.96. The fourth-order valence-electron chi connectivity index (χ4n) is 3.04. The second kappa shape index (κ2) is 9.44. The highest BCUT2D eigenvalue weighted by molar-refractivity contribution is 6.33. The molecule has 0 atom stereocenters. The first kappa shape index (κ1) is 23.3. The van der Waals surface area contributed by atoms with Crippen LogP contribution >= 0.6 is 11.6 Å². The Hall–Kier alpha value is -3.33. The summed E-state index contributed by atoms with van der Waals surface area (Å²) in [5, 5.41) is 8.97. The molecule has 3 rings (SSSR count). The molecule has 0 aliphatic carbocycles. The molecule has 6 nitrogen and oxygen atoms in total. The van der Waals surface area contributed by atoms with Gasteiger partial charge in [-0.3, -0.25) is 9.59 Å². The number of benzene rings is 2. The Kier molecular flexibility index (Phi) is 6.88. The van der Waals surface area contributed by atoms with E-state index in [0.717, 1.165) is 5.56 Å². The molecule has 2 N–H and O–H groups in total. The van der Waals surface area contributed by atoms with Crippen LogP contribution in [0.4, 0.5) is 18.9 Å². The Labute approximate surface area is 187 Å². The Morgan fingerprint density at radius 1 is 1.06 bits per heavy atom. The van der Waals surface area contributed by atoms with Gasteiger partial charge in [0.05, 0.1) is 17.8 Å². The molecule has 0 fully saturated rings. The van der Waals surface area contributed by atoms with Crippen LogP contribution in [0.15, 0.2) is 48.5 Å². The van der Waals surface area contributed by atoms with Crippen molar-refractivity contribution in [3.8, 4) is 0 Å². The maximum Gasteiger partial charge on any atom is 0.405 e. The van der Waals surface area contributed by atoms with Crippen LogP contribution in [0.1, 0.15) is 37.5 Å². The number of anilines is 1. The summed E-state index contributed by atoms with van der Waals surface area (Å²) in [6.45, 7) is 2.27. The van der Waals surface area contributed by atoms with E-state index in [-0.39, 0.29) is 22.0 Å². The van der Waals surface area contributed by atoms with Gasteiger partial charge in [0.2, 0.25) is 0 Å². The van der Waals surface area contributed by atoms with Crippen molar-refractivity contribution in [1.29, 1.82) is 0 Å². The SMILES string of the molecule is Cc1ccc(C(=O)NCC(F)(F)F)cc1NC(=O)c1c(C)nn(Cc2ccccc2)c1Cl. The minimum absolute atomic E-state index is 0.0160. The molecule has 32 heavy (non-hydrogen) atoms. The van der Waals surface area contributed by atoms with E-state index in [0.29, 0.717) is 17.8 Å². The van der Waals surface area contributed by atoms with Gasteiger partial charge in [-0.1, -0.05) is 48.0 Å². The van der Waals surface area contributed by atoms with E-state index >= 15 is 0 Å². The lowest BCUT2D eigenvalue weighted by molar-refractivity contribution is -0.123. The van der Waals surface area contributed by atoms with Gasteiger partial charge >= 0.3 is 6.18 Å². The zero-order valence-electron chi connectivity index (χ0n) is 17.3. The van der Waals surface area contributed by atoms with E-state index < -0.39 is 24.5 Å². The van der Waals surface area contributed by atoms with Crippen molar-refractivity contribution in [2.75, 3.05) is 11.9 Å². The minimum atomic E-state index is -4.52. The topological polar surface area (TPSA) is 76.0 Å². The maximum atomic E-state index is 12.9. The Morgan fingerprint density at radius 2 is 1.75 bits per heavy atom. The highest BCUT2D eigenvalue weighted by Crippen LogP contribution is 2.24. The van der Waals surface area contributed by atoms with Crippen LogP contribution in [0.2, 0.25) is 5.15 Å². The van der Waals surface area contributed by atoms with Gasteiger partial charge in [0.15, 0.2) is 0 Å². The number of nitrogens with zero attached hydrogens (tertiary/aromatic N) is 2. The summed E-state index contributed by atoms with van der Waals surface area (Å²) in [7, 11) is 0. The van der Waals surface area contributed by atoms with E-state index in [1.165, 1.54) is 22.9 Å². The van der Waals surface area contributed by atoms with Crippen LogP contribution in [0.25, 0.3) is 0 Å². The van der Waals surface area contributed by atoms with Crippen molar-refractivity contribution in [2.24, 2.45) is 0 Å². The monoisotopic (exact) mass is 464 g/mol. The average molecular weight is 465 g/mol. The number of rotatable bonds is 6. The van der Waals surface area contributed by atoms with E-state index in [1.807, 2.05) is 30.3 Å². The van der Waals surface area contributed by atoms with Gasteiger partial charge in [-0.05, 0) is 37.1 Å². The third kappa shape index (κ3) is 5.67. The molecule has 0 spiro atoms. The van der Waals surface area contributed by atoms with E-state index in [1.54, 1.807) is 19.2 Å². The molecule has 0 aliphatic heterocycles. The number of alkyl halides is 3. The van der Waals surface area contributed by atoms with Crippen LogP contribution in [0, 0.1) is 13.8 Å². The highest BCUT2D eigenvalue weighted by Gasteiger charge is 2.28. The molecule has 2 amide bonds. The van der Waals surface area contributed by atoms with Gasteiger partial charge in [-0.2, -0.15) is 18.3 Å². The lowest BCUT2D eigenvalue weighted by Gasteiger charge is -2.12. The second-order valence-electron chi connectivity index (χ2n) is 7.18. The van der Waals surface area contributed by atoms with Gasteiger partial charge in [0, 0.05) is 11.3 Å². The summed E-state index contributed by atoms with van der Waals surface area (Å²) in [5.74, 6) is -1.44. The fourth-order valence-corrected chi connectivity index (χ4v) is 3.36. The summed E-state index contributed by atoms with van der Waals surface area (Å²) in [6, 6.07) is 13.7. The van der Waals surface area contributed by atoms with Gasteiger partial charge in [-0.25, -0.2) is 4.68 Å². The number of aromatic nitrogens is 2. The maximum absolute atomic E-state index is 12.9. The van der Waals surface area contributed by atoms with Crippen molar-refractivity contribution in [3.05, 3.63) is 81.6 Å². The molecule has 10 heteroatoms. The third-order valence-corrected chi connectivity index (χ3v) is 5.05. The van der Waals surface area contributed by atoms with Crippen molar-refractivity contribution in [1.82, 2.24) is 15.1 Å². The molecule has 0 bridgehead atoms. The van der Waals surface area contributed by atoms with Crippen molar-refractivity contribution in [3.63, 3.8) is 0 Å². The Balaban J connectivity index is 1.79. The van der Waals surface area contributed by atoms with Gasteiger partial charge in [-0.15, -0.1) is 0 Å². The summed E-state index contributed by atoms with van der Waals surface area (Å²) >= 11 is 6.42. The number of amides is 2. The molecule has 1 aromatic heterocycles. The number of carbonyl (C=O) groups excluding carboxylic acids is 2. The van der Waals surface area contributed by atoms with Crippen LogP contribution in [-0.2, 0) is 6.54 Å². The minimum Gasteiger partial charge on any atom is -0.343 e. The van der Waals surface area contributed by atoms with Crippen LogP contribution in [-0.4, -0.2) is 34.3 Å². The molecule has 0 unspecified atom stereocenters. The normalized spacial score (nSPS) is 11.3. The number of carbonyl (C=O) groups is 2. The average Bonchev–Trinajstić information content (AvgIpc) is 3.01. The van der Waals surface area contributed by atoms with Crippen molar-refractivity contribution in [2.45, 2.75) is 26.6 Å². The smallest absolute Gasteiger partial charge is 0.343 e. The zero-order chi connectivity index (χ0) is 23.5. The molecule has 2 aromatic carbocycles. The first-order chi connectivity index (χ1) is 15.0. The van der Waals surface area contributed by atoms with E-state index in [4.69, 9.17) is 11.6 Å². The molecule has 1 heterocycles. The van der Waals surface area contributed by atoms with Gasteiger partial charge in [0.25, 0.3) is 11.8 Å². The first-order valence-electron chi connectivity index (χ1n) is 9.59. The quantitative estimate of drug-likeness (QED) is 0.553. The lowest BCUT2D eigenvalue weighted by atomic mass is 10.1. The number of hydrogen-bond acceptors (Lipinski definition) is 3. The van der Waals surface area contributed by atoms with Crippen LogP contribution in [0.5, 0.6) is 0 Å². The Morgan fingerprint density at radius 3 is 2.41 bits per heavy atom. The van der Waals surface area contributed by atoms with Crippen molar-refractivity contribution >= 4 is 29.1 Å². The number of nitrogens with one attached hydrogen (secondary N) is 2. The predicted molar refractivity (Wildman–Crippen MR) is 115 cm³/mol. The predicted octanol–water partition coefficient (Wildman–Crippen LogP) is 4.75. The van der Waals surface area contributed by atoms with Gasteiger partial charge < -0.3 is 10.6 Å². The van der Waals surface area contributed by atoms with E-state index in [9.17, 15) is 22.8 Å². The fraction of sp³-hybridized carbons (Fsp3) is 0.227. The van der Waals surface area contributed by atoms with Crippen LogP contribution < -0.4 is 10.6 Å². The number of aryl methyl sites for hydroxylation is 2. The molecule has 0 radical (unpaired) electrons. The van der Waals surface area contributed by atoms with Gasteiger partial charge in [0.1, 0.15) is 11.7 Å². The largest absolute Gasteiger partial charge is 0.405 e. The summed E-state index contributed by atoms with van der Waals surface area (Å²) in [6.07, 6.45) is -4.52. The van der Waals surface area contributed by atoms with E-state index in [2.05, 4.69) is 10.4 Å². The lowest BCUT2D eigenvalue weighted by Crippen LogP contribution is -2.33. The molecule has 0 saturated heterocycles. The summed E-state index contributed by atoms with van der Waals surface area (Å²) in [5.41, 5.74) is 2.43. The Bertz CT molecular complexity index is 1140. The molecule has 0 saturated carbocycles. The second-order valence-corrected chi connectivity index (χ2v) is 7.53. The number of halogens is 4.